The van der Waals surface area contributed by atoms with Crippen LogP contribution in [-0.4, -0.2) is 122 Å². The van der Waals surface area contributed by atoms with Crippen LogP contribution >= 0.6 is 0 Å². The molecular weight excluding hydrogens is 762 g/mol. The van der Waals surface area contributed by atoms with E-state index in [0.717, 1.165) is 0 Å². The van der Waals surface area contributed by atoms with Crippen molar-refractivity contribution in [2.24, 2.45) is 0 Å². The maximum atomic E-state index is 12.8. The molecule has 0 aliphatic carbocycles. The Bertz CT molecular complexity index is 1940. The fourth-order valence-electron chi connectivity index (χ4n) is 6.08. The number of rotatable bonds is 18. The van der Waals surface area contributed by atoms with Crippen molar-refractivity contribution in [1.29, 1.82) is 0 Å². The number of fused-ring (bicyclic) bond motifs is 2. The van der Waals surface area contributed by atoms with Crippen LogP contribution in [0, 0.1) is 0 Å². The van der Waals surface area contributed by atoms with Crippen molar-refractivity contribution in [3.05, 3.63) is 41.7 Å². The SMILES string of the molecule is CC1OC2C(COC(=O)CCC(=O)NCCNC(=O)CCC(NC(=O)c3ccc(NCc4cnc5nc(N)nc(O)c5n4)cc3)C(=O)O)OC(OC(C)(C)C)C[C@H]2O1. The number of carbonyl (C=O) groups is 5. The molecule has 21 nitrogen and oxygen atoms in total. The number of benzene rings is 1. The number of aromatic hydroxyl groups is 1. The molecule has 0 radical (unpaired) electrons. The minimum absolute atomic E-state index is 0.0544. The number of carboxylic acids is 1. The van der Waals surface area contributed by atoms with Crippen LogP contribution in [0.2, 0.25) is 0 Å². The Morgan fingerprint density at radius 1 is 0.966 bits per heavy atom. The van der Waals surface area contributed by atoms with E-state index in [1.54, 1.807) is 19.1 Å². The van der Waals surface area contributed by atoms with Crippen LogP contribution in [0.15, 0.2) is 30.5 Å². The Labute approximate surface area is 333 Å². The monoisotopic (exact) mass is 811 g/mol. The zero-order valence-corrected chi connectivity index (χ0v) is 32.6. The molecule has 0 spiro atoms. The summed E-state index contributed by atoms with van der Waals surface area (Å²) in [6.07, 6.45) is -1.08. The van der Waals surface area contributed by atoms with E-state index >= 15 is 0 Å². The van der Waals surface area contributed by atoms with Crippen molar-refractivity contribution in [1.82, 2.24) is 35.9 Å². The number of ether oxygens (including phenoxy) is 5. The van der Waals surface area contributed by atoms with E-state index < -0.39 is 72.0 Å². The summed E-state index contributed by atoms with van der Waals surface area (Å²) in [5.74, 6) is -4.00. The lowest BCUT2D eigenvalue weighted by atomic mass is 10.0. The van der Waals surface area contributed by atoms with Crippen molar-refractivity contribution < 1.29 is 57.9 Å². The molecule has 2 fully saturated rings. The summed E-state index contributed by atoms with van der Waals surface area (Å²) < 4.78 is 29.0. The lowest BCUT2D eigenvalue weighted by Gasteiger charge is -2.38. The van der Waals surface area contributed by atoms with Crippen LogP contribution in [0.4, 0.5) is 11.6 Å². The zero-order chi connectivity index (χ0) is 42.0. The molecule has 5 unspecified atom stereocenters. The third-order valence-electron chi connectivity index (χ3n) is 8.76. The quantitative estimate of drug-likeness (QED) is 0.0693. The van der Waals surface area contributed by atoms with E-state index in [1.807, 2.05) is 20.8 Å². The predicted molar refractivity (Wildman–Crippen MR) is 203 cm³/mol. The fraction of sp³-hybridized carbons (Fsp3) is 0.541. The fourth-order valence-corrected chi connectivity index (χ4v) is 6.08. The second-order valence-electron chi connectivity index (χ2n) is 14.6. The Morgan fingerprint density at radius 3 is 2.36 bits per heavy atom. The van der Waals surface area contributed by atoms with Gasteiger partial charge < -0.3 is 60.9 Å². The Hall–Kier alpha value is -5.77. The average Bonchev–Trinajstić information content (AvgIpc) is 3.54. The highest BCUT2D eigenvalue weighted by molar-refractivity contribution is 5.97. The molecule has 1 aromatic carbocycles. The van der Waals surface area contributed by atoms with Crippen LogP contribution in [0.25, 0.3) is 11.2 Å². The Kier molecular flexibility index (Phi) is 14.6. The number of nitrogen functional groups attached to an aromatic ring is 1. The van der Waals surface area contributed by atoms with Gasteiger partial charge in [-0.15, -0.1) is 0 Å². The molecule has 0 saturated carbocycles. The van der Waals surface area contributed by atoms with Crippen LogP contribution in [0.5, 0.6) is 5.88 Å². The summed E-state index contributed by atoms with van der Waals surface area (Å²) in [5, 5.41) is 30.4. The number of nitrogens with one attached hydrogen (secondary N) is 4. The van der Waals surface area contributed by atoms with Gasteiger partial charge in [0, 0.05) is 43.6 Å². The number of nitrogens with two attached hydrogens (primary N) is 1. The van der Waals surface area contributed by atoms with Crippen molar-refractivity contribution in [3.63, 3.8) is 0 Å². The second-order valence-corrected chi connectivity index (χ2v) is 14.6. The summed E-state index contributed by atoms with van der Waals surface area (Å²) in [4.78, 5) is 77.8. The van der Waals surface area contributed by atoms with Gasteiger partial charge in [-0.2, -0.15) is 9.97 Å². The maximum Gasteiger partial charge on any atom is 0.326 e. The minimum atomic E-state index is -1.34. The number of aromatic nitrogens is 4. The molecule has 8 N–H and O–H groups in total. The van der Waals surface area contributed by atoms with E-state index in [2.05, 4.69) is 41.2 Å². The van der Waals surface area contributed by atoms with Gasteiger partial charge in [0.1, 0.15) is 24.9 Å². The first kappa shape index (κ1) is 43.4. The van der Waals surface area contributed by atoms with Gasteiger partial charge in [0.25, 0.3) is 5.91 Å². The normalized spacial score (nSPS) is 20.7. The first-order valence-corrected chi connectivity index (χ1v) is 18.7. The third kappa shape index (κ3) is 12.9. The van der Waals surface area contributed by atoms with E-state index in [9.17, 15) is 34.2 Å². The molecule has 4 heterocycles. The van der Waals surface area contributed by atoms with E-state index in [4.69, 9.17) is 29.4 Å². The largest absolute Gasteiger partial charge is 0.492 e. The van der Waals surface area contributed by atoms with Gasteiger partial charge in [-0.05, 0) is 58.4 Å². The molecular formula is C37H49N9O12. The first-order chi connectivity index (χ1) is 27.5. The summed E-state index contributed by atoms with van der Waals surface area (Å²) in [5.41, 5.74) is 6.57. The molecule has 21 heteroatoms. The lowest BCUT2D eigenvalue weighted by Crippen LogP contribution is -2.51. The smallest absolute Gasteiger partial charge is 0.326 e. The highest BCUT2D eigenvalue weighted by Crippen LogP contribution is 2.34. The standard InChI is InChI=1S/C37H49N9O12/c1-19-55-24-15-29(58-37(2,3)4)57-25(31(24)56-19)18-54-28(49)12-11-27(48)40-14-13-39-26(47)10-9-23(35(52)53)44-33(50)20-5-7-21(8-6-20)41-16-22-17-42-32-30(43-22)34(51)46-36(38)45-32/h5-8,17,19,23-25,29,31,41H,9-16,18H2,1-4H3,(H,39,47)(H,40,48)(H,44,50)(H,52,53)(H3,38,42,45,46,51)/t19?,23?,24-,25?,29?,31?/m1/s1. The third-order valence-corrected chi connectivity index (χ3v) is 8.76. The van der Waals surface area contributed by atoms with Crippen molar-refractivity contribution >= 4 is 52.5 Å². The molecule has 58 heavy (non-hydrogen) atoms. The predicted octanol–water partition coefficient (Wildman–Crippen LogP) is 0.899. The van der Waals surface area contributed by atoms with Gasteiger partial charge in [0.05, 0.1) is 36.6 Å². The van der Waals surface area contributed by atoms with Crippen molar-refractivity contribution in [3.8, 4) is 5.88 Å². The van der Waals surface area contributed by atoms with Crippen molar-refractivity contribution in [2.75, 3.05) is 30.7 Å². The number of amides is 3. The molecule has 3 amide bonds. The molecule has 314 valence electrons. The molecule has 6 atom stereocenters. The average molecular weight is 812 g/mol. The highest BCUT2D eigenvalue weighted by Gasteiger charge is 2.47. The molecule has 2 aliphatic heterocycles. The number of aliphatic carboxylic acids is 1. The topological polar surface area (TPSA) is 298 Å². The van der Waals surface area contributed by atoms with Gasteiger partial charge in [0.2, 0.25) is 23.6 Å². The van der Waals surface area contributed by atoms with Gasteiger partial charge in [-0.3, -0.25) is 19.2 Å². The van der Waals surface area contributed by atoms with Crippen LogP contribution in [0.1, 0.15) is 75.9 Å². The molecule has 3 aromatic rings. The van der Waals surface area contributed by atoms with Gasteiger partial charge >= 0.3 is 11.9 Å². The number of carbonyl (C=O) groups excluding carboxylic acids is 4. The summed E-state index contributed by atoms with van der Waals surface area (Å²) in [6.45, 7) is 7.74. The Balaban J connectivity index is 0.952. The van der Waals surface area contributed by atoms with Gasteiger partial charge in [0.15, 0.2) is 23.7 Å². The highest BCUT2D eigenvalue weighted by atomic mass is 16.8. The molecule has 2 saturated heterocycles. The van der Waals surface area contributed by atoms with Crippen molar-refractivity contribution in [2.45, 2.75) is 109 Å². The lowest BCUT2D eigenvalue weighted by molar-refractivity contribution is -0.267. The van der Waals surface area contributed by atoms with E-state index in [1.165, 1.54) is 18.3 Å². The summed E-state index contributed by atoms with van der Waals surface area (Å²) in [6, 6.07) is 4.87. The number of esters is 1. The summed E-state index contributed by atoms with van der Waals surface area (Å²) in [7, 11) is 0. The van der Waals surface area contributed by atoms with Crippen LogP contribution < -0.4 is 27.0 Å². The Morgan fingerprint density at radius 2 is 1.67 bits per heavy atom. The second kappa shape index (κ2) is 19.6. The molecule has 0 bridgehead atoms. The van der Waals surface area contributed by atoms with E-state index in [0.29, 0.717) is 17.8 Å². The first-order valence-electron chi connectivity index (χ1n) is 18.7. The summed E-state index contributed by atoms with van der Waals surface area (Å²) >= 11 is 0. The number of nitrogens with zero attached hydrogens (tertiary/aromatic N) is 4. The van der Waals surface area contributed by atoms with Crippen LogP contribution in [0.3, 0.4) is 0 Å². The molecule has 2 aromatic heterocycles. The van der Waals surface area contributed by atoms with Gasteiger partial charge in [-0.1, -0.05) is 0 Å². The number of anilines is 2. The zero-order valence-electron chi connectivity index (χ0n) is 32.6. The number of hydrogen-bond acceptors (Lipinski definition) is 17. The maximum absolute atomic E-state index is 12.8. The van der Waals surface area contributed by atoms with Crippen LogP contribution in [-0.2, 0) is 49.4 Å². The number of hydrogen-bond donors (Lipinski definition) is 7. The molecule has 2 aliphatic rings. The minimum Gasteiger partial charge on any atom is -0.492 e. The number of carboxylic acid groups (broad SMARTS) is 1. The van der Waals surface area contributed by atoms with E-state index in [-0.39, 0.29) is 80.7 Å². The van der Waals surface area contributed by atoms with Gasteiger partial charge in [-0.25, -0.2) is 14.8 Å². The molecule has 5 rings (SSSR count).